The number of oxazole rings is 1. The molecule has 6 heteroatoms. The second-order valence-electron chi connectivity index (χ2n) is 3.74. The second kappa shape index (κ2) is 3.99. The van der Waals surface area contributed by atoms with E-state index in [0.717, 1.165) is 11.3 Å². The molecule has 6 nitrogen and oxygen atoms in total. The molecule has 0 radical (unpaired) electrons. The van der Waals surface area contributed by atoms with Crippen LogP contribution in [-0.4, -0.2) is 22.0 Å². The van der Waals surface area contributed by atoms with Gasteiger partial charge >= 0.3 is 5.76 Å². The molecule has 0 aliphatic heterocycles. The van der Waals surface area contributed by atoms with Gasteiger partial charge in [0.25, 0.3) is 0 Å². The van der Waals surface area contributed by atoms with Crippen molar-refractivity contribution >= 4 is 17.0 Å². The Bertz CT molecular complexity index is 760. The minimum absolute atomic E-state index is 0.458. The molecule has 90 valence electrons. The first-order valence-corrected chi connectivity index (χ1v) is 5.40. The molecular formula is C12H10N4O2. The minimum Gasteiger partial charge on any atom is -0.408 e. The number of fused-ring (bicyclic) bond motifs is 1. The van der Waals surface area contributed by atoms with Crippen molar-refractivity contribution in [2.45, 2.75) is 0 Å². The lowest BCUT2D eigenvalue weighted by Crippen LogP contribution is -1.96. The number of anilines is 1. The number of H-pyrrole nitrogens is 1. The molecule has 0 atom stereocenters. The van der Waals surface area contributed by atoms with Crippen molar-refractivity contribution in [2.24, 2.45) is 0 Å². The van der Waals surface area contributed by atoms with Crippen LogP contribution >= 0.6 is 0 Å². The van der Waals surface area contributed by atoms with Gasteiger partial charge in [0.1, 0.15) is 0 Å². The standard InChI is InChI=1S/C12H10N4O2/c1-13-11-14-5-4-8(15-11)7-2-3-9-10(6-7)18-12(17)16-9/h2-6H,1H3,(H,16,17)(H,13,14,15). The third-order valence-corrected chi connectivity index (χ3v) is 2.60. The molecule has 0 unspecified atom stereocenters. The fourth-order valence-electron chi connectivity index (χ4n) is 1.74. The number of rotatable bonds is 2. The van der Waals surface area contributed by atoms with Crippen LogP contribution in [0.2, 0.25) is 0 Å². The molecule has 0 fully saturated rings. The van der Waals surface area contributed by atoms with E-state index in [1.165, 1.54) is 0 Å². The molecule has 3 aromatic rings. The molecule has 0 saturated heterocycles. The van der Waals surface area contributed by atoms with E-state index in [2.05, 4.69) is 20.3 Å². The Labute approximate surface area is 102 Å². The average Bonchev–Trinajstić information content (AvgIpc) is 2.77. The maximum atomic E-state index is 11.1. The van der Waals surface area contributed by atoms with Gasteiger partial charge in [0, 0.05) is 18.8 Å². The Balaban J connectivity index is 2.15. The Morgan fingerprint density at radius 1 is 1.33 bits per heavy atom. The molecule has 0 spiro atoms. The largest absolute Gasteiger partial charge is 0.417 e. The van der Waals surface area contributed by atoms with Crippen LogP contribution in [0, 0.1) is 0 Å². The Morgan fingerprint density at radius 3 is 3.06 bits per heavy atom. The zero-order valence-electron chi connectivity index (χ0n) is 9.60. The summed E-state index contributed by atoms with van der Waals surface area (Å²) in [4.78, 5) is 22.0. The van der Waals surface area contributed by atoms with Gasteiger partial charge in [-0.15, -0.1) is 0 Å². The SMILES string of the molecule is CNc1nccc(-c2ccc3[nH]c(=O)oc3c2)n1. The highest BCUT2D eigenvalue weighted by Crippen LogP contribution is 2.21. The highest BCUT2D eigenvalue weighted by molar-refractivity contribution is 5.78. The second-order valence-corrected chi connectivity index (χ2v) is 3.74. The number of benzene rings is 1. The highest BCUT2D eigenvalue weighted by atomic mass is 16.4. The Kier molecular flexibility index (Phi) is 2.33. The molecule has 18 heavy (non-hydrogen) atoms. The third kappa shape index (κ3) is 1.73. The lowest BCUT2D eigenvalue weighted by Gasteiger charge is -2.02. The van der Waals surface area contributed by atoms with Gasteiger partial charge in [-0.1, -0.05) is 6.07 Å². The van der Waals surface area contributed by atoms with Crippen LogP contribution in [0.1, 0.15) is 0 Å². The summed E-state index contributed by atoms with van der Waals surface area (Å²) >= 11 is 0. The smallest absolute Gasteiger partial charge is 0.408 e. The fraction of sp³-hybridized carbons (Fsp3) is 0.0833. The number of nitrogens with one attached hydrogen (secondary N) is 2. The van der Waals surface area contributed by atoms with E-state index in [-0.39, 0.29) is 0 Å². The maximum Gasteiger partial charge on any atom is 0.417 e. The lowest BCUT2D eigenvalue weighted by atomic mass is 10.1. The molecule has 0 bridgehead atoms. The van der Waals surface area contributed by atoms with E-state index in [1.54, 1.807) is 31.4 Å². The molecule has 0 saturated carbocycles. The van der Waals surface area contributed by atoms with Crippen LogP contribution in [0.3, 0.4) is 0 Å². The van der Waals surface area contributed by atoms with Gasteiger partial charge in [-0.2, -0.15) is 0 Å². The van der Waals surface area contributed by atoms with Crippen molar-refractivity contribution in [2.75, 3.05) is 12.4 Å². The van der Waals surface area contributed by atoms with Gasteiger partial charge in [0.05, 0.1) is 11.2 Å². The van der Waals surface area contributed by atoms with Crippen LogP contribution in [0.5, 0.6) is 0 Å². The van der Waals surface area contributed by atoms with Crippen LogP contribution in [0.15, 0.2) is 39.7 Å². The normalized spacial score (nSPS) is 10.7. The molecule has 0 aliphatic rings. The van der Waals surface area contributed by atoms with Gasteiger partial charge < -0.3 is 9.73 Å². The summed E-state index contributed by atoms with van der Waals surface area (Å²) < 4.78 is 5.02. The molecule has 2 N–H and O–H groups in total. The summed E-state index contributed by atoms with van der Waals surface area (Å²) in [6.45, 7) is 0. The van der Waals surface area contributed by atoms with E-state index in [9.17, 15) is 4.79 Å². The van der Waals surface area contributed by atoms with Crippen molar-refractivity contribution < 1.29 is 4.42 Å². The number of aromatic nitrogens is 3. The maximum absolute atomic E-state index is 11.1. The Hall–Kier alpha value is -2.63. The van der Waals surface area contributed by atoms with E-state index in [4.69, 9.17) is 4.42 Å². The summed E-state index contributed by atoms with van der Waals surface area (Å²) in [6, 6.07) is 7.23. The topological polar surface area (TPSA) is 83.8 Å². The van der Waals surface area contributed by atoms with Crippen molar-refractivity contribution in [1.82, 2.24) is 15.0 Å². The number of aromatic amines is 1. The highest BCUT2D eigenvalue weighted by Gasteiger charge is 2.05. The number of hydrogen-bond acceptors (Lipinski definition) is 5. The van der Waals surface area contributed by atoms with E-state index in [0.29, 0.717) is 17.0 Å². The van der Waals surface area contributed by atoms with E-state index in [1.807, 2.05) is 6.07 Å². The van der Waals surface area contributed by atoms with Crippen LogP contribution in [0.4, 0.5) is 5.95 Å². The molecule has 0 amide bonds. The van der Waals surface area contributed by atoms with Gasteiger partial charge in [-0.05, 0) is 18.2 Å². The first kappa shape index (κ1) is 10.5. The average molecular weight is 242 g/mol. The lowest BCUT2D eigenvalue weighted by molar-refractivity contribution is 0.555. The third-order valence-electron chi connectivity index (χ3n) is 2.60. The predicted molar refractivity (Wildman–Crippen MR) is 67.4 cm³/mol. The monoisotopic (exact) mass is 242 g/mol. The van der Waals surface area contributed by atoms with Crippen molar-refractivity contribution in [3.05, 3.63) is 41.0 Å². The quantitative estimate of drug-likeness (QED) is 0.713. The van der Waals surface area contributed by atoms with E-state index >= 15 is 0 Å². The Morgan fingerprint density at radius 2 is 2.22 bits per heavy atom. The molecular weight excluding hydrogens is 232 g/mol. The van der Waals surface area contributed by atoms with Gasteiger partial charge in [0.15, 0.2) is 5.58 Å². The van der Waals surface area contributed by atoms with Gasteiger partial charge in [-0.25, -0.2) is 14.8 Å². The molecule has 2 aromatic heterocycles. The molecule has 2 heterocycles. The molecule has 1 aromatic carbocycles. The van der Waals surface area contributed by atoms with Crippen LogP contribution in [-0.2, 0) is 0 Å². The summed E-state index contributed by atoms with van der Waals surface area (Å²) in [5.74, 6) is 0.0869. The summed E-state index contributed by atoms with van der Waals surface area (Å²) in [5, 5.41) is 2.88. The number of nitrogens with zero attached hydrogens (tertiary/aromatic N) is 2. The minimum atomic E-state index is -0.458. The van der Waals surface area contributed by atoms with Crippen LogP contribution in [0.25, 0.3) is 22.4 Å². The molecule has 0 aliphatic carbocycles. The van der Waals surface area contributed by atoms with Gasteiger partial charge in [-0.3, -0.25) is 4.98 Å². The number of hydrogen-bond donors (Lipinski definition) is 2. The predicted octanol–water partition coefficient (Wildman–Crippen LogP) is 1.62. The molecule has 3 rings (SSSR count). The zero-order chi connectivity index (χ0) is 12.5. The first-order chi connectivity index (χ1) is 8.76. The van der Waals surface area contributed by atoms with E-state index < -0.39 is 5.76 Å². The first-order valence-electron chi connectivity index (χ1n) is 5.40. The van der Waals surface area contributed by atoms with Gasteiger partial charge in [0.2, 0.25) is 5.95 Å². The summed E-state index contributed by atoms with van der Waals surface area (Å²) in [6.07, 6.45) is 1.67. The summed E-state index contributed by atoms with van der Waals surface area (Å²) in [5.41, 5.74) is 2.82. The van der Waals surface area contributed by atoms with Crippen molar-refractivity contribution in [3.8, 4) is 11.3 Å². The van der Waals surface area contributed by atoms with Crippen molar-refractivity contribution in [3.63, 3.8) is 0 Å². The van der Waals surface area contributed by atoms with Crippen LogP contribution < -0.4 is 11.1 Å². The zero-order valence-corrected chi connectivity index (χ0v) is 9.60. The van der Waals surface area contributed by atoms with Crippen molar-refractivity contribution in [1.29, 1.82) is 0 Å². The fourth-order valence-corrected chi connectivity index (χ4v) is 1.74. The summed E-state index contributed by atoms with van der Waals surface area (Å²) in [7, 11) is 1.76.